The van der Waals surface area contributed by atoms with Crippen molar-refractivity contribution in [2.24, 2.45) is 0 Å². The Kier molecular flexibility index (Phi) is 4.62. The van der Waals surface area contributed by atoms with Gasteiger partial charge in [-0.3, -0.25) is 0 Å². The van der Waals surface area contributed by atoms with E-state index in [1.54, 1.807) is 19.9 Å². The quantitative estimate of drug-likeness (QED) is 0.896. The van der Waals surface area contributed by atoms with Gasteiger partial charge in [-0.25, -0.2) is 0 Å². The predicted octanol–water partition coefficient (Wildman–Crippen LogP) is 3.69. The minimum atomic E-state index is -4.69. The summed E-state index contributed by atoms with van der Waals surface area (Å²) in [6.07, 6.45) is -6.51. The van der Waals surface area contributed by atoms with E-state index in [0.29, 0.717) is 24.2 Å². The summed E-state index contributed by atoms with van der Waals surface area (Å²) in [4.78, 5) is 0. The molecule has 0 aliphatic heterocycles. The van der Waals surface area contributed by atoms with Crippen molar-refractivity contribution < 1.29 is 23.0 Å². The first-order valence-electron chi connectivity index (χ1n) is 5.76. The Balaban J connectivity index is 3.22. The highest BCUT2D eigenvalue weighted by molar-refractivity contribution is 5.45. The summed E-state index contributed by atoms with van der Waals surface area (Å²) in [6, 6.07) is 3.05. The first-order valence-corrected chi connectivity index (χ1v) is 5.76. The molecule has 0 aliphatic rings. The molecule has 1 unspecified atom stereocenters. The van der Waals surface area contributed by atoms with Crippen molar-refractivity contribution in [2.45, 2.75) is 39.5 Å². The normalized spacial score (nSPS) is 13.5. The molecule has 1 atom stereocenters. The molecular weight excluding hydrogens is 245 g/mol. The van der Waals surface area contributed by atoms with Gasteiger partial charge in [-0.2, -0.15) is 13.2 Å². The lowest BCUT2D eigenvalue weighted by atomic mass is 10.0. The first-order chi connectivity index (χ1) is 8.27. The third-order valence-electron chi connectivity index (χ3n) is 2.50. The van der Waals surface area contributed by atoms with Gasteiger partial charge in [-0.05, 0) is 31.9 Å². The molecule has 1 aromatic rings. The molecule has 0 amide bonds. The van der Waals surface area contributed by atoms with E-state index in [-0.39, 0.29) is 11.3 Å². The van der Waals surface area contributed by atoms with Crippen LogP contribution in [0.2, 0.25) is 0 Å². The summed E-state index contributed by atoms with van der Waals surface area (Å²) in [6.45, 7) is 5.54. The summed E-state index contributed by atoms with van der Waals surface area (Å²) in [7, 11) is 0. The maximum absolute atomic E-state index is 12.6. The Hall–Kier alpha value is -1.23. The van der Waals surface area contributed by atoms with Crippen LogP contribution in [0.5, 0.6) is 5.75 Å². The number of ether oxygens (including phenoxy) is 1. The molecule has 0 fully saturated rings. The molecule has 102 valence electrons. The van der Waals surface area contributed by atoms with E-state index in [1.165, 1.54) is 6.07 Å². The van der Waals surface area contributed by atoms with Crippen LogP contribution in [0, 0.1) is 13.8 Å². The highest BCUT2D eigenvalue weighted by Crippen LogP contribution is 2.39. The van der Waals surface area contributed by atoms with Gasteiger partial charge in [-0.15, -0.1) is 0 Å². The van der Waals surface area contributed by atoms with Gasteiger partial charge < -0.3 is 9.84 Å². The molecule has 0 saturated carbocycles. The van der Waals surface area contributed by atoms with E-state index in [0.717, 1.165) is 0 Å². The Morgan fingerprint density at radius 1 is 1.28 bits per heavy atom. The van der Waals surface area contributed by atoms with Crippen LogP contribution >= 0.6 is 0 Å². The van der Waals surface area contributed by atoms with Crippen LogP contribution < -0.4 is 4.74 Å². The van der Waals surface area contributed by atoms with Gasteiger partial charge in [0.1, 0.15) is 5.75 Å². The van der Waals surface area contributed by atoms with Crippen LogP contribution in [-0.2, 0) is 0 Å². The van der Waals surface area contributed by atoms with Crippen LogP contribution in [0.3, 0.4) is 0 Å². The van der Waals surface area contributed by atoms with Gasteiger partial charge in [0.2, 0.25) is 0 Å². The third kappa shape index (κ3) is 3.38. The van der Waals surface area contributed by atoms with E-state index in [9.17, 15) is 18.3 Å². The van der Waals surface area contributed by atoms with Crippen LogP contribution in [0.15, 0.2) is 12.1 Å². The highest BCUT2D eigenvalue weighted by Gasteiger charge is 2.41. The molecular formula is C13H17F3O2. The van der Waals surface area contributed by atoms with Crippen molar-refractivity contribution in [3.05, 3.63) is 28.8 Å². The maximum atomic E-state index is 12.6. The summed E-state index contributed by atoms with van der Waals surface area (Å²) in [5.74, 6) is 0.132. The monoisotopic (exact) mass is 262 g/mol. The van der Waals surface area contributed by atoms with Crippen molar-refractivity contribution in [1.29, 1.82) is 0 Å². The lowest BCUT2D eigenvalue weighted by Gasteiger charge is -2.20. The molecule has 0 heterocycles. The number of hydrogen-bond acceptors (Lipinski definition) is 2. The molecule has 2 nitrogen and oxygen atoms in total. The SMILES string of the molecule is CCCOc1c(C)cc(C)cc1C(O)C(F)(F)F. The minimum Gasteiger partial charge on any atom is -0.493 e. The third-order valence-corrected chi connectivity index (χ3v) is 2.50. The second-order valence-corrected chi connectivity index (χ2v) is 4.29. The average molecular weight is 262 g/mol. The van der Waals surface area contributed by atoms with E-state index in [4.69, 9.17) is 4.74 Å². The number of benzene rings is 1. The number of rotatable bonds is 4. The summed E-state index contributed by atoms with van der Waals surface area (Å²) in [5.41, 5.74) is 1.05. The van der Waals surface area contributed by atoms with E-state index >= 15 is 0 Å². The summed E-state index contributed by atoms with van der Waals surface area (Å²) in [5, 5.41) is 9.38. The fourth-order valence-electron chi connectivity index (χ4n) is 1.77. The van der Waals surface area contributed by atoms with Crippen LogP contribution in [0.1, 0.15) is 36.1 Å². The number of aryl methyl sites for hydroxylation is 2. The maximum Gasteiger partial charge on any atom is 0.418 e. The Morgan fingerprint density at radius 3 is 2.39 bits per heavy atom. The highest BCUT2D eigenvalue weighted by atomic mass is 19.4. The summed E-state index contributed by atoms with van der Waals surface area (Å²) < 4.78 is 43.1. The molecule has 0 saturated heterocycles. The molecule has 0 radical (unpaired) electrons. The predicted molar refractivity (Wildman–Crippen MR) is 62.7 cm³/mol. The van der Waals surface area contributed by atoms with E-state index in [2.05, 4.69) is 0 Å². The van der Waals surface area contributed by atoms with Gasteiger partial charge in [-0.1, -0.05) is 18.6 Å². The Labute approximate surface area is 104 Å². The molecule has 0 aliphatic carbocycles. The molecule has 5 heteroatoms. The van der Waals surface area contributed by atoms with E-state index < -0.39 is 12.3 Å². The molecule has 0 aromatic heterocycles. The van der Waals surface area contributed by atoms with Gasteiger partial charge in [0.15, 0.2) is 6.10 Å². The summed E-state index contributed by atoms with van der Waals surface area (Å²) >= 11 is 0. The second kappa shape index (κ2) is 5.61. The second-order valence-electron chi connectivity index (χ2n) is 4.29. The molecule has 1 aromatic carbocycles. The van der Waals surface area contributed by atoms with E-state index in [1.807, 2.05) is 6.92 Å². The van der Waals surface area contributed by atoms with Crippen molar-refractivity contribution >= 4 is 0 Å². The number of aliphatic hydroxyl groups excluding tert-OH is 1. The fraction of sp³-hybridized carbons (Fsp3) is 0.538. The minimum absolute atomic E-state index is 0.132. The zero-order chi connectivity index (χ0) is 13.9. The fourth-order valence-corrected chi connectivity index (χ4v) is 1.77. The molecule has 18 heavy (non-hydrogen) atoms. The van der Waals surface area contributed by atoms with Crippen LogP contribution in [0.25, 0.3) is 0 Å². The van der Waals surface area contributed by atoms with Crippen LogP contribution in [-0.4, -0.2) is 17.9 Å². The Morgan fingerprint density at radius 2 is 1.89 bits per heavy atom. The number of halogens is 3. The number of aliphatic hydroxyl groups is 1. The molecule has 0 bridgehead atoms. The topological polar surface area (TPSA) is 29.5 Å². The van der Waals surface area contributed by atoms with Crippen molar-refractivity contribution in [2.75, 3.05) is 6.61 Å². The lowest BCUT2D eigenvalue weighted by Crippen LogP contribution is -2.21. The number of hydrogen-bond donors (Lipinski definition) is 1. The van der Waals surface area contributed by atoms with Crippen molar-refractivity contribution in [3.8, 4) is 5.75 Å². The van der Waals surface area contributed by atoms with Gasteiger partial charge >= 0.3 is 6.18 Å². The van der Waals surface area contributed by atoms with Crippen LogP contribution in [0.4, 0.5) is 13.2 Å². The zero-order valence-corrected chi connectivity index (χ0v) is 10.6. The molecule has 0 spiro atoms. The van der Waals surface area contributed by atoms with Crippen molar-refractivity contribution in [3.63, 3.8) is 0 Å². The van der Waals surface area contributed by atoms with Gasteiger partial charge in [0.25, 0.3) is 0 Å². The first kappa shape index (κ1) is 14.8. The standard InChI is InChI=1S/C13H17F3O2/c1-4-5-18-11-9(3)6-8(2)7-10(11)12(17)13(14,15)16/h6-7,12,17H,4-5H2,1-3H3. The lowest BCUT2D eigenvalue weighted by molar-refractivity contribution is -0.207. The average Bonchev–Trinajstić information content (AvgIpc) is 2.24. The smallest absolute Gasteiger partial charge is 0.418 e. The Bertz CT molecular complexity index is 413. The molecule has 1 N–H and O–H groups in total. The largest absolute Gasteiger partial charge is 0.493 e. The number of alkyl halides is 3. The van der Waals surface area contributed by atoms with Gasteiger partial charge in [0.05, 0.1) is 6.61 Å². The van der Waals surface area contributed by atoms with Gasteiger partial charge in [0, 0.05) is 5.56 Å². The van der Waals surface area contributed by atoms with Crippen molar-refractivity contribution in [1.82, 2.24) is 0 Å². The zero-order valence-electron chi connectivity index (χ0n) is 10.6. The molecule has 1 rings (SSSR count).